The number of ether oxygens (including phenoxy) is 1. The number of rotatable bonds is 4. The van der Waals surface area contributed by atoms with E-state index in [1.54, 1.807) is 25.3 Å². The van der Waals surface area contributed by atoms with Crippen molar-refractivity contribution in [3.63, 3.8) is 0 Å². The molecule has 0 aromatic heterocycles. The summed E-state index contributed by atoms with van der Waals surface area (Å²) in [5, 5.41) is 0. The van der Waals surface area contributed by atoms with E-state index in [0.717, 1.165) is 18.8 Å². The molecule has 116 valence electrons. The second-order valence-electron chi connectivity index (χ2n) is 5.96. The van der Waals surface area contributed by atoms with Crippen LogP contribution < -0.4 is 10.5 Å². The van der Waals surface area contributed by atoms with Crippen LogP contribution >= 0.6 is 0 Å². The number of carbonyl (C=O) groups excluding carboxylic acids is 1. The predicted molar refractivity (Wildman–Crippen MR) is 85.5 cm³/mol. The number of methoxy groups -OCH3 is 1. The largest absolute Gasteiger partial charge is 0.495 e. The highest BCUT2D eigenvalue weighted by atomic mass is 16.5. The van der Waals surface area contributed by atoms with E-state index in [-0.39, 0.29) is 5.91 Å². The normalized spacial score (nSPS) is 21.9. The molecular weight excluding hydrogens is 264 g/mol. The van der Waals surface area contributed by atoms with E-state index in [1.165, 1.54) is 19.3 Å². The summed E-state index contributed by atoms with van der Waals surface area (Å²) < 4.78 is 5.19. The van der Waals surface area contributed by atoms with Crippen molar-refractivity contribution < 1.29 is 9.53 Å². The molecule has 1 fully saturated rings. The Labute approximate surface area is 127 Å². The molecule has 2 rings (SSSR count). The fraction of sp³-hybridized carbons (Fsp3) is 0.588. The van der Waals surface area contributed by atoms with Gasteiger partial charge >= 0.3 is 0 Å². The first kappa shape index (κ1) is 15.7. The maximum Gasteiger partial charge on any atom is 0.253 e. The van der Waals surface area contributed by atoms with E-state index < -0.39 is 0 Å². The fourth-order valence-corrected chi connectivity index (χ4v) is 3.15. The summed E-state index contributed by atoms with van der Waals surface area (Å²) in [5.41, 5.74) is 7.00. The molecular formula is C17H26N2O2. The Kier molecular flexibility index (Phi) is 5.10. The highest BCUT2D eigenvalue weighted by molar-refractivity contribution is 5.95. The molecule has 1 aromatic rings. The van der Waals surface area contributed by atoms with Gasteiger partial charge < -0.3 is 15.4 Å². The van der Waals surface area contributed by atoms with E-state index in [0.29, 0.717) is 23.0 Å². The summed E-state index contributed by atoms with van der Waals surface area (Å²) >= 11 is 0. The molecule has 0 heterocycles. The predicted octanol–water partition coefficient (Wildman–Crippen LogP) is 3.32. The number of anilines is 1. The van der Waals surface area contributed by atoms with Crippen LogP contribution in [0.1, 0.15) is 49.4 Å². The number of hydrogen-bond donors (Lipinski definition) is 1. The minimum atomic E-state index is 0.0493. The van der Waals surface area contributed by atoms with Crippen LogP contribution in [0.15, 0.2) is 18.2 Å². The highest BCUT2D eigenvalue weighted by Crippen LogP contribution is 2.30. The summed E-state index contributed by atoms with van der Waals surface area (Å²) in [6.45, 7) is 2.25. The van der Waals surface area contributed by atoms with Crippen molar-refractivity contribution in [2.45, 2.75) is 45.1 Å². The molecule has 4 nitrogen and oxygen atoms in total. The molecule has 1 amide bonds. The number of amides is 1. The van der Waals surface area contributed by atoms with Crippen LogP contribution in [0.2, 0.25) is 0 Å². The van der Waals surface area contributed by atoms with Gasteiger partial charge in [-0.3, -0.25) is 4.79 Å². The van der Waals surface area contributed by atoms with Crippen molar-refractivity contribution >= 4 is 11.6 Å². The Morgan fingerprint density at radius 1 is 1.33 bits per heavy atom. The smallest absolute Gasteiger partial charge is 0.253 e. The van der Waals surface area contributed by atoms with Gasteiger partial charge in [0.2, 0.25) is 0 Å². The van der Waals surface area contributed by atoms with Gasteiger partial charge in [-0.05, 0) is 49.8 Å². The molecule has 0 aliphatic heterocycles. The Morgan fingerprint density at radius 2 is 2.00 bits per heavy atom. The molecule has 0 saturated heterocycles. The molecule has 1 aromatic carbocycles. The van der Waals surface area contributed by atoms with E-state index in [4.69, 9.17) is 10.5 Å². The first-order valence-electron chi connectivity index (χ1n) is 7.77. The molecule has 1 aliphatic rings. The monoisotopic (exact) mass is 290 g/mol. The van der Waals surface area contributed by atoms with Gasteiger partial charge in [0.05, 0.1) is 12.8 Å². The van der Waals surface area contributed by atoms with Gasteiger partial charge in [0.25, 0.3) is 5.91 Å². The van der Waals surface area contributed by atoms with Gasteiger partial charge in [0.1, 0.15) is 5.75 Å². The first-order valence-corrected chi connectivity index (χ1v) is 7.77. The van der Waals surface area contributed by atoms with Gasteiger partial charge in [0, 0.05) is 18.7 Å². The Balaban J connectivity index is 2.05. The average molecular weight is 290 g/mol. The third kappa shape index (κ3) is 3.49. The maximum atomic E-state index is 12.6. The van der Waals surface area contributed by atoms with Crippen molar-refractivity contribution in [1.82, 2.24) is 4.90 Å². The first-order chi connectivity index (χ1) is 10.1. The molecule has 0 radical (unpaired) electrons. The van der Waals surface area contributed by atoms with Crippen molar-refractivity contribution in [2.75, 3.05) is 19.9 Å². The molecule has 4 heteroatoms. The third-order valence-electron chi connectivity index (χ3n) is 4.74. The zero-order valence-corrected chi connectivity index (χ0v) is 13.3. The number of carbonyl (C=O) groups is 1. The molecule has 1 saturated carbocycles. The van der Waals surface area contributed by atoms with Crippen LogP contribution in [-0.4, -0.2) is 31.0 Å². The summed E-state index contributed by atoms with van der Waals surface area (Å²) in [7, 11) is 3.47. The number of hydrogen-bond acceptors (Lipinski definition) is 3. The Bertz CT molecular complexity index is 494. The number of benzene rings is 1. The van der Waals surface area contributed by atoms with E-state index in [1.807, 2.05) is 11.9 Å². The summed E-state index contributed by atoms with van der Waals surface area (Å²) in [5.74, 6) is 1.44. The average Bonchev–Trinajstić information content (AvgIpc) is 2.54. The second-order valence-corrected chi connectivity index (χ2v) is 5.96. The Morgan fingerprint density at radius 3 is 2.57 bits per heavy atom. The van der Waals surface area contributed by atoms with Gasteiger partial charge in [-0.25, -0.2) is 0 Å². The second kappa shape index (κ2) is 6.83. The number of nitrogen functional groups attached to an aromatic ring is 1. The van der Waals surface area contributed by atoms with Gasteiger partial charge in [-0.1, -0.05) is 13.3 Å². The lowest BCUT2D eigenvalue weighted by Crippen LogP contribution is -2.39. The number of nitrogens with zero attached hydrogens (tertiary/aromatic N) is 1. The van der Waals surface area contributed by atoms with Crippen molar-refractivity contribution in [2.24, 2.45) is 5.92 Å². The van der Waals surface area contributed by atoms with Gasteiger partial charge in [0.15, 0.2) is 0 Å². The Hall–Kier alpha value is -1.71. The lowest BCUT2D eigenvalue weighted by molar-refractivity contribution is 0.0674. The van der Waals surface area contributed by atoms with Crippen LogP contribution in [0.3, 0.4) is 0 Å². The van der Waals surface area contributed by atoms with Crippen LogP contribution in [-0.2, 0) is 0 Å². The van der Waals surface area contributed by atoms with Crippen LogP contribution in [0.25, 0.3) is 0 Å². The van der Waals surface area contributed by atoms with Crippen molar-refractivity contribution in [1.29, 1.82) is 0 Å². The quantitative estimate of drug-likeness (QED) is 0.865. The summed E-state index contributed by atoms with van der Waals surface area (Å²) in [4.78, 5) is 14.5. The molecule has 0 unspecified atom stereocenters. The van der Waals surface area contributed by atoms with Crippen molar-refractivity contribution in [3.05, 3.63) is 23.8 Å². The lowest BCUT2D eigenvalue weighted by Gasteiger charge is -2.34. The van der Waals surface area contributed by atoms with Crippen molar-refractivity contribution in [3.8, 4) is 5.75 Å². The summed E-state index contributed by atoms with van der Waals surface area (Å²) in [6.07, 6.45) is 5.91. The van der Waals surface area contributed by atoms with E-state index in [9.17, 15) is 4.79 Å². The van der Waals surface area contributed by atoms with Crippen LogP contribution in [0.5, 0.6) is 5.75 Å². The molecule has 0 atom stereocenters. The fourth-order valence-electron chi connectivity index (χ4n) is 3.15. The van der Waals surface area contributed by atoms with E-state index in [2.05, 4.69) is 6.92 Å². The van der Waals surface area contributed by atoms with Gasteiger partial charge in [-0.15, -0.1) is 0 Å². The molecule has 0 spiro atoms. The minimum absolute atomic E-state index is 0.0493. The maximum absolute atomic E-state index is 12.6. The summed E-state index contributed by atoms with van der Waals surface area (Å²) in [6, 6.07) is 5.58. The van der Waals surface area contributed by atoms with Crippen LogP contribution in [0, 0.1) is 5.92 Å². The topological polar surface area (TPSA) is 55.6 Å². The van der Waals surface area contributed by atoms with Crippen LogP contribution in [0.4, 0.5) is 5.69 Å². The molecule has 21 heavy (non-hydrogen) atoms. The zero-order valence-electron chi connectivity index (χ0n) is 13.3. The highest BCUT2D eigenvalue weighted by Gasteiger charge is 2.26. The molecule has 0 bridgehead atoms. The minimum Gasteiger partial charge on any atom is -0.495 e. The van der Waals surface area contributed by atoms with E-state index >= 15 is 0 Å². The zero-order chi connectivity index (χ0) is 15.4. The lowest BCUT2D eigenvalue weighted by atomic mass is 9.84. The third-order valence-corrected chi connectivity index (χ3v) is 4.74. The van der Waals surface area contributed by atoms with Gasteiger partial charge in [-0.2, -0.15) is 0 Å². The SMILES string of the molecule is CCC1CCC(N(C)C(=O)c2ccc(N)c(OC)c2)CC1. The standard InChI is InChI=1S/C17H26N2O2/c1-4-12-5-8-14(9-6-12)19(2)17(20)13-7-10-15(18)16(11-13)21-3/h7,10-12,14H,4-6,8-9,18H2,1-3H3. The molecule has 1 aliphatic carbocycles. The number of nitrogens with two attached hydrogens (primary N) is 1. The molecule has 2 N–H and O–H groups in total.